The maximum Gasteiger partial charge on any atom is 0.256 e. The average Bonchev–Trinajstić information content (AvgIpc) is 3.42. The van der Waals surface area contributed by atoms with Gasteiger partial charge in [-0.3, -0.25) is 14.3 Å². The summed E-state index contributed by atoms with van der Waals surface area (Å²) in [6.45, 7) is 4.85. The third-order valence-corrected chi connectivity index (χ3v) is 8.55. The molecule has 4 aromatic rings. The minimum atomic E-state index is -0.763. The van der Waals surface area contributed by atoms with Crippen molar-refractivity contribution in [3.8, 4) is 17.2 Å². The molecule has 0 radical (unpaired) electrons. The van der Waals surface area contributed by atoms with Crippen molar-refractivity contribution < 1.29 is 18.4 Å². The Bertz CT molecular complexity index is 1760. The van der Waals surface area contributed by atoms with Gasteiger partial charge in [-0.25, -0.2) is 8.78 Å². The van der Waals surface area contributed by atoms with E-state index in [1.807, 2.05) is 6.07 Å². The van der Waals surface area contributed by atoms with E-state index in [1.165, 1.54) is 18.2 Å². The van der Waals surface area contributed by atoms with E-state index in [0.29, 0.717) is 31.6 Å². The van der Waals surface area contributed by atoms with E-state index >= 15 is 4.39 Å². The number of hydrogen-bond donors (Lipinski definition) is 1. The molecule has 0 aliphatic carbocycles. The molecule has 0 spiro atoms. The number of fused-ring (bicyclic) bond motifs is 2. The van der Waals surface area contributed by atoms with Crippen LogP contribution in [-0.4, -0.2) is 57.1 Å². The highest BCUT2D eigenvalue weighted by atomic mass is 35.5. The van der Waals surface area contributed by atoms with Gasteiger partial charge in [0.1, 0.15) is 22.7 Å². The lowest BCUT2D eigenvalue weighted by molar-refractivity contribution is -0.128. The number of carbonyl (C=O) groups excluding carboxylic acids is 2. The maximum atomic E-state index is 16.0. The SMILES string of the molecule is C=CC(=O)N1CCN2C(=O)c3cc(F)c(-c4ccc(F)c5sc(N)c(C#N)c45)c4c(Cl)nn(c34)CC[C@@H]2C1. The lowest BCUT2D eigenvalue weighted by Crippen LogP contribution is -2.57. The molecule has 2 aliphatic rings. The fraction of sp³-hybridized carbons (Fsp3) is 0.231. The number of rotatable bonds is 2. The van der Waals surface area contributed by atoms with Gasteiger partial charge in [0.15, 0.2) is 5.15 Å². The molecular weight excluding hydrogens is 534 g/mol. The predicted octanol–water partition coefficient (Wildman–Crippen LogP) is 4.55. The van der Waals surface area contributed by atoms with Crippen molar-refractivity contribution in [2.24, 2.45) is 0 Å². The van der Waals surface area contributed by atoms with Crippen LogP contribution in [0.5, 0.6) is 0 Å². The quantitative estimate of drug-likeness (QED) is 0.367. The molecule has 2 aromatic heterocycles. The van der Waals surface area contributed by atoms with Crippen molar-refractivity contribution in [2.45, 2.75) is 19.0 Å². The van der Waals surface area contributed by atoms with Crippen molar-refractivity contribution in [3.63, 3.8) is 0 Å². The Balaban J connectivity index is 1.57. The monoisotopic (exact) mass is 552 g/mol. The zero-order valence-corrected chi connectivity index (χ0v) is 21.4. The largest absolute Gasteiger partial charge is 0.389 e. The summed E-state index contributed by atoms with van der Waals surface area (Å²) in [6.07, 6.45) is 1.74. The molecule has 4 heterocycles. The first-order chi connectivity index (χ1) is 18.2. The number of nitrogens with zero attached hydrogens (tertiary/aromatic N) is 5. The number of piperazine rings is 1. The van der Waals surface area contributed by atoms with Gasteiger partial charge in [0.2, 0.25) is 5.91 Å². The van der Waals surface area contributed by atoms with Crippen LogP contribution in [-0.2, 0) is 11.3 Å². The van der Waals surface area contributed by atoms with Crippen LogP contribution in [0.1, 0.15) is 22.3 Å². The second-order valence-corrected chi connectivity index (χ2v) is 10.6. The van der Waals surface area contributed by atoms with Gasteiger partial charge in [-0.2, -0.15) is 10.4 Å². The summed E-state index contributed by atoms with van der Waals surface area (Å²) >= 11 is 7.50. The lowest BCUT2D eigenvalue weighted by atomic mass is 9.93. The van der Waals surface area contributed by atoms with Gasteiger partial charge in [0.05, 0.1) is 32.8 Å². The van der Waals surface area contributed by atoms with Crippen LogP contribution >= 0.6 is 22.9 Å². The first-order valence-corrected chi connectivity index (χ1v) is 13.0. The van der Waals surface area contributed by atoms with Gasteiger partial charge in [0.25, 0.3) is 5.91 Å². The number of amides is 2. The van der Waals surface area contributed by atoms with E-state index in [4.69, 9.17) is 17.3 Å². The molecule has 6 rings (SSSR count). The standard InChI is InChI=1S/C26H19ClF2N6O2S/c1-2-18(36)33-7-8-34-12(11-33)5-6-35-22-14(26(34)37)9-17(29)20(21(22)24(27)32-35)13-3-4-16(28)23-19(13)15(10-30)25(31)38-23/h2-4,9,12H,1,5-8,11,31H2/t12-/m1/s1. The Morgan fingerprint density at radius 2 is 2.03 bits per heavy atom. The highest BCUT2D eigenvalue weighted by Crippen LogP contribution is 2.46. The van der Waals surface area contributed by atoms with Crippen LogP contribution < -0.4 is 5.73 Å². The third-order valence-electron chi connectivity index (χ3n) is 7.26. The summed E-state index contributed by atoms with van der Waals surface area (Å²) in [4.78, 5) is 29.2. The van der Waals surface area contributed by atoms with Gasteiger partial charge in [-0.15, -0.1) is 11.3 Å². The van der Waals surface area contributed by atoms with E-state index < -0.39 is 17.5 Å². The second-order valence-electron chi connectivity index (χ2n) is 9.20. The molecule has 0 bridgehead atoms. The van der Waals surface area contributed by atoms with Crippen molar-refractivity contribution in [1.29, 1.82) is 5.26 Å². The summed E-state index contributed by atoms with van der Waals surface area (Å²) < 4.78 is 32.4. The molecule has 8 nitrogen and oxygen atoms in total. The molecule has 38 heavy (non-hydrogen) atoms. The van der Waals surface area contributed by atoms with Gasteiger partial charge >= 0.3 is 0 Å². The number of benzene rings is 2. The van der Waals surface area contributed by atoms with E-state index in [0.717, 1.165) is 17.4 Å². The molecule has 0 unspecified atom stereocenters. The van der Waals surface area contributed by atoms with Crippen LogP contribution in [0.4, 0.5) is 13.8 Å². The number of hydrogen-bond acceptors (Lipinski definition) is 6. The topological polar surface area (TPSA) is 108 Å². The number of aromatic nitrogens is 2. The van der Waals surface area contributed by atoms with E-state index in [-0.39, 0.29) is 66.4 Å². The van der Waals surface area contributed by atoms with Crippen LogP contribution in [0.3, 0.4) is 0 Å². The fourth-order valence-corrected chi connectivity index (χ4v) is 6.76. The number of halogens is 3. The molecule has 192 valence electrons. The number of thiophene rings is 1. The first kappa shape index (κ1) is 24.3. The van der Waals surface area contributed by atoms with Crippen LogP contribution in [0.25, 0.3) is 32.1 Å². The van der Waals surface area contributed by atoms with E-state index in [9.17, 15) is 19.2 Å². The Morgan fingerprint density at radius 1 is 1.24 bits per heavy atom. The van der Waals surface area contributed by atoms with Gasteiger partial charge in [-0.1, -0.05) is 24.2 Å². The number of aryl methyl sites for hydroxylation is 1. The van der Waals surface area contributed by atoms with Gasteiger partial charge in [0, 0.05) is 37.1 Å². The molecule has 2 amide bonds. The number of nitrogens with two attached hydrogens (primary N) is 1. The molecule has 2 aromatic carbocycles. The lowest BCUT2D eigenvalue weighted by Gasteiger charge is -2.42. The van der Waals surface area contributed by atoms with E-state index in [2.05, 4.69) is 11.7 Å². The Kier molecular flexibility index (Phi) is 5.63. The number of nitriles is 1. The second kappa shape index (κ2) is 8.79. The highest BCUT2D eigenvalue weighted by molar-refractivity contribution is 7.23. The average molecular weight is 553 g/mol. The molecule has 0 saturated carbocycles. The van der Waals surface area contributed by atoms with Gasteiger partial charge in [-0.05, 0) is 30.2 Å². The number of carbonyl (C=O) groups is 2. The molecule has 2 aliphatic heterocycles. The summed E-state index contributed by atoms with van der Waals surface area (Å²) in [5.74, 6) is -1.95. The predicted molar refractivity (Wildman–Crippen MR) is 141 cm³/mol. The number of nitrogen functional groups attached to an aromatic ring is 1. The van der Waals surface area contributed by atoms with Crippen LogP contribution in [0.2, 0.25) is 5.15 Å². The number of anilines is 1. The Hall–Kier alpha value is -4.01. The fourth-order valence-electron chi connectivity index (χ4n) is 5.54. The molecule has 1 fully saturated rings. The molecule has 1 atom stereocenters. The summed E-state index contributed by atoms with van der Waals surface area (Å²) in [6, 6.07) is 5.42. The van der Waals surface area contributed by atoms with Crippen LogP contribution in [0, 0.1) is 23.0 Å². The van der Waals surface area contributed by atoms with Crippen molar-refractivity contribution >= 4 is 60.7 Å². The molecule has 1 saturated heterocycles. The Labute approximate surface area is 224 Å². The van der Waals surface area contributed by atoms with Crippen molar-refractivity contribution in [2.75, 3.05) is 25.4 Å². The Morgan fingerprint density at radius 3 is 2.76 bits per heavy atom. The first-order valence-electron chi connectivity index (χ1n) is 11.8. The zero-order chi connectivity index (χ0) is 26.9. The van der Waals surface area contributed by atoms with E-state index in [1.54, 1.807) is 14.5 Å². The molecular formula is C26H19ClF2N6O2S. The summed E-state index contributed by atoms with van der Waals surface area (Å²) in [7, 11) is 0. The van der Waals surface area contributed by atoms with Gasteiger partial charge < -0.3 is 15.5 Å². The normalized spacial score (nSPS) is 17.3. The maximum absolute atomic E-state index is 16.0. The summed E-state index contributed by atoms with van der Waals surface area (Å²) in [5.41, 5.74) is 6.75. The molecule has 2 N–H and O–H groups in total. The highest BCUT2D eigenvalue weighted by Gasteiger charge is 2.37. The smallest absolute Gasteiger partial charge is 0.256 e. The minimum Gasteiger partial charge on any atom is -0.389 e. The summed E-state index contributed by atoms with van der Waals surface area (Å²) in [5, 5.41) is 14.6. The van der Waals surface area contributed by atoms with Crippen molar-refractivity contribution in [3.05, 3.63) is 58.8 Å². The molecule has 12 heteroatoms. The third kappa shape index (κ3) is 3.40. The minimum absolute atomic E-state index is 0.0191. The van der Waals surface area contributed by atoms with Crippen molar-refractivity contribution in [1.82, 2.24) is 19.6 Å². The van der Waals surface area contributed by atoms with Crippen LogP contribution in [0.15, 0.2) is 30.9 Å². The zero-order valence-electron chi connectivity index (χ0n) is 19.8.